The fourth-order valence-corrected chi connectivity index (χ4v) is 5.83. The normalized spacial score (nSPS) is 12.0. The van der Waals surface area contributed by atoms with Gasteiger partial charge >= 0.3 is 81.2 Å². The van der Waals surface area contributed by atoms with E-state index < -0.39 is 7.11 Å². The summed E-state index contributed by atoms with van der Waals surface area (Å²) in [7, 11) is -1.53. The first-order valence-corrected chi connectivity index (χ1v) is 23.9. The summed E-state index contributed by atoms with van der Waals surface area (Å²) in [5, 5.41) is 4.28. The van der Waals surface area contributed by atoms with Gasteiger partial charge in [-0.25, -0.2) is 0 Å². The van der Waals surface area contributed by atoms with E-state index in [1.807, 2.05) is 0 Å². The van der Waals surface area contributed by atoms with Crippen LogP contribution in [0.3, 0.4) is 0 Å². The van der Waals surface area contributed by atoms with E-state index in [-0.39, 0.29) is 0 Å². The van der Waals surface area contributed by atoms with Crippen LogP contribution < -0.4 is 15.9 Å². The van der Waals surface area contributed by atoms with Gasteiger partial charge in [-0.1, -0.05) is 54.6 Å². The average Bonchev–Trinajstić information content (AvgIpc) is 2.62. The second-order valence-corrected chi connectivity index (χ2v) is 64.8. The van der Waals surface area contributed by atoms with E-state index in [4.69, 9.17) is 0 Å². The molecule has 0 spiro atoms. The standard InChI is InChI=1S/C19H18P.Fe.4HI/c1-20(17-11-5-2-6-12-17,18-13-7-3-8-14-18)19-15-9-4-10-16-19;;;;;/h2-16H,1H3;;4*1H/q+1;+3;;;;/p-4. The molecule has 0 saturated carbocycles. The summed E-state index contributed by atoms with van der Waals surface area (Å²) in [6.45, 7) is 2.41. The van der Waals surface area contributed by atoms with E-state index in [0.717, 1.165) is 0 Å². The quantitative estimate of drug-likeness (QED) is 0.150. The van der Waals surface area contributed by atoms with E-state index in [9.17, 15) is 0 Å². The fourth-order valence-electron chi connectivity index (χ4n) is 2.63. The molecule has 3 aromatic rings. The molecule has 0 bridgehead atoms. The molecule has 0 saturated heterocycles. The van der Waals surface area contributed by atoms with Crippen LogP contribution in [-0.2, 0) is -0.154 Å². The second-order valence-electron chi connectivity index (χ2n) is 5.32. The second kappa shape index (κ2) is 10.9. The van der Waals surface area contributed by atoms with Crippen molar-refractivity contribution in [3.05, 3.63) is 91.0 Å². The van der Waals surface area contributed by atoms with Crippen LogP contribution in [0.1, 0.15) is 0 Å². The van der Waals surface area contributed by atoms with Gasteiger partial charge in [0.1, 0.15) is 23.2 Å². The van der Waals surface area contributed by atoms with Crippen molar-refractivity contribution in [1.29, 1.82) is 0 Å². The van der Waals surface area contributed by atoms with Crippen LogP contribution in [0, 0.1) is 0 Å². The molecule has 0 aliphatic carbocycles. The average molecular weight is 841 g/mol. The summed E-state index contributed by atoms with van der Waals surface area (Å²) in [5.74, 6) is 0. The van der Waals surface area contributed by atoms with Crippen LogP contribution in [0.4, 0.5) is 0 Å². The summed E-state index contributed by atoms with van der Waals surface area (Å²) >= 11 is 9.85. The number of hydrogen-bond acceptors (Lipinski definition) is 0. The Morgan fingerprint density at radius 1 is 0.520 bits per heavy atom. The summed E-state index contributed by atoms with van der Waals surface area (Å²) in [4.78, 5) is 0. The van der Waals surface area contributed by atoms with Crippen molar-refractivity contribution in [3.8, 4) is 0 Å². The van der Waals surface area contributed by atoms with E-state index >= 15 is 0 Å². The molecule has 0 fully saturated rings. The topological polar surface area (TPSA) is 0 Å². The first-order chi connectivity index (χ1) is 11.8. The monoisotopic (exact) mass is 841 g/mol. The van der Waals surface area contributed by atoms with Gasteiger partial charge in [-0.05, 0) is 36.4 Å². The van der Waals surface area contributed by atoms with Crippen molar-refractivity contribution in [2.24, 2.45) is 0 Å². The Morgan fingerprint density at radius 3 is 0.920 bits per heavy atom. The van der Waals surface area contributed by atoms with Crippen molar-refractivity contribution in [2.75, 3.05) is 6.66 Å². The molecule has 0 amide bonds. The van der Waals surface area contributed by atoms with Gasteiger partial charge in [-0.15, -0.1) is 0 Å². The van der Waals surface area contributed by atoms with Crippen molar-refractivity contribution < 1.29 is -0.154 Å². The minimum atomic E-state index is -1.53. The van der Waals surface area contributed by atoms with Crippen molar-refractivity contribution in [1.82, 2.24) is 0 Å². The molecule has 3 aromatic carbocycles. The van der Waals surface area contributed by atoms with Crippen molar-refractivity contribution >= 4 is 105 Å². The van der Waals surface area contributed by atoms with E-state index in [1.54, 1.807) is 0 Å². The third kappa shape index (κ3) is 7.46. The Bertz CT molecular complexity index is 659. The molecule has 0 atom stereocenters. The molecule has 0 aliphatic rings. The molecule has 135 valence electrons. The minimum absolute atomic E-state index is 0.620. The van der Waals surface area contributed by atoms with Gasteiger partial charge in [-0.2, -0.15) is 0 Å². The zero-order valence-corrected chi connectivity index (χ0v) is 24.1. The van der Waals surface area contributed by atoms with E-state index in [0.29, 0.717) is 0 Å². The maximum atomic E-state index is 2.46. The zero-order valence-electron chi connectivity index (χ0n) is 13.5. The van der Waals surface area contributed by atoms with Crippen molar-refractivity contribution in [2.45, 2.75) is 0 Å². The molecule has 0 aromatic heterocycles. The van der Waals surface area contributed by atoms with Crippen LogP contribution in [0.15, 0.2) is 91.0 Å². The van der Waals surface area contributed by atoms with Gasteiger partial charge in [0.15, 0.2) is 0 Å². The molecule has 0 nitrogen and oxygen atoms in total. The summed E-state index contributed by atoms with van der Waals surface area (Å²) < 4.78 is -0.620. The van der Waals surface area contributed by atoms with E-state index in [1.165, 1.54) is 15.9 Å². The fraction of sp³-hybridized carbons (Fsp3) is 0.0526. The molecule has 0 unspecified atom stereocenters. The SMILES string of the molecule is C[P+](c1ccccc1)(c1ccccc1)c1ccccc1.[I][Fe-]([I])([I])[I]. The first-order valence-electron chi connectivity index (χ1n) is 7.38. The van der Waals surface area contributed by atoms with Crippen LogP contribution in [0.5, 0.6) is 0 Å². The number of benzene rings is 3. The number of rotatable bonds is 3. The predicted octanol–water partition coefficient (Wildman–Crippen LogP) is 7.15. The van der Waals surface area contributed by atoms with Crippen LogP contribution >= 0.6 is 88.6 Å². The molecule has 0 heterocycles. The molecule has 3 rings (SSSR count). The van der Waals surface area contributed by atoms with Crippen LogP contribution in [-0.4, -0.2) is 6.66 Å². The van der Waals surface area contributed by atoms with E-state index in [2.05, 4.69) is 179 Å². The third-order valence-corrected chi connectivity index (χ3v) is 7.81. The molecule has 0 N–H and O–H groups in total. The van der Waals surface area contributed by atoms with Gasteiger partial charge in [0, 0.05) is 0 Å². The molecular weight excluding hydrogens is 823 g/mol. The van der Waals surface area contributed by atoms with Crippen molar-refractivity contribution in [3.63, 3.8) is 0 Å². The molecule has 0 radical (unpaired) electrons. The Labute approximate surface area is 198 Å². The predicted molar refractivity (Wildman–Crippen MR) is 147 cm³/mol. The Morgan fingerprint density at radius 2 is 0.720 bits per heavy atom. The number of hydrogen-bond donors (Lipinski definition) is 0. The molecule has 6 heteroatoms. The van der Waals surface area contributed by atoms with Gasteiger partial charge in [0.05, 0.1) is 6.66 Å². The maximum absolute atomic E-state index is 2.46. The Kier molecular flexibility index (Phi) is 9.95. The van der Waals surface area contributed by atoms with Gasteiger partial charge < -0.3 is 0 Å². The molecule has 25 heavy (non-hydrogen) atoms. The summed E-state index contributed by atoms with van der Waals surface area (Å²) in [6, 6.07) is 32.6. The van der Waals surface area contributed by atoms with Crippen LogP contribution in [0.25, 0.3) is 0 Å². The van der Waals surface area contributed by atoms with Gasteiger partial charge in [0.25, 0.3) is 0 Å². The van der Waals surface area contributed by atoms with Crippen LogP contribution in [0.2, 0.25) is 0 Å². The van der Waals surface area contributed by atoms with Gasteiger partial charge in [-0.3, -0.25) is 0 Å². The first kappa shape index (κ1) is 22.8. The number of halogens is 4. The summed E-state index contributed by atoms with van der Waals surface area (Å²) in [6.07, 6.45) is 0. The van der Waals surface area contributed by atoms with Gasteiger partial charge in [0.2, 0.25) is 0 Å². The molecule has 0 aliphatic heterocycles. The third-order valence-electron chi connectivity index (χ3n) is 3.82. The molecular formula is C19H18FeI4P. The zero-order chi connectivity index (χ0) is 18.3. The Balaban J connectivity index is 0.000000399. The Hall–Kier alpha value is 1.53. The summed E-state index contributed by atoms with van der Waals surface area (Å²) in [5.41, 5.74) is 0.